The number of carbonyl (C=O) groups is 2. The van der Waals surface area contributed by atoms with E-state index in [1.807, 2.05) is 30.3 Å². The third kappa shape index (κ3) is 3.84. The van der Waals surface area contributed by atoms with Gasteiger partial charge in [0.1, 0.15) is 0 Å². The molecule has 6 nitrogen and oxygen atoms in total. The number of nitrogens with zero attached hydrogens (tertiary/aromatic N) is 3. The van der Waals surface area contributed by atoms with Gasteiger partial charge in [0.2, 0.25) is 11.8 Å². The van der Waals surface area contributed by atoms with Gasteiger partial charge in [-0.05, 0) is 17.7 Å². The van der Waals surface area contributed by atoms with E-state index < -0.39 is 0 Å². The Morgan fingerprint density at radius 1 is 1.22 bits per heavy atom. The second-order valence-electron chi connectivity index (χ2n) is 5.39. The number of anilines is 1. The molecule has 0 bridgehead atoms. The van der Waals surface area contributed by atoms with Gasteiger partial charge in [-0.3, -0.25) is 9.59 Å². The summed E-state index contributed by atoms with van der Waals surface area (Å²) in [7, 11) is 0. The summed E-state index contributed by atoms with van der Waals surface area (Å²) in [4.78, 5) is 26.0. The number of benzene rings is 1. The van der Waals surface area contributed by atoms with Crippen LogP contribution in [0.4, 0.5) is 5.82 Å². The van der Waals surface area contributed by atoms with Gasteiger partial charge in [-0.2, -0.15) is 0 Å². The molecule has 0 radical (unpaired) electrons. The van der Waals surface area contributed by atoms with Gasteiger partial charge in [-0.15, -0.1) is 10.2 Å². The fourth-order valence-electron chi connectivity index (χ4n) is 2.52. The molecule has 2 aromatic rings. The van der Waals surface area contributed by atoms with Crippen LogP contribution in [0.3, 0.4) is 0 Å². The highest BCUT2D eigenvalue weighted by atomic mass is 35.5. The number of hydrogen-bond acceptors (Lipinski definition) is 4. The van der Waals surface area contributed by atoms with Crippen LogP contribution >= 0.6 is 11.6 Å². The molecule has 1 aromatic heterocycles. The van der Waals surface area contributed by atoms with Crippen molar-refractivity contribution in [1.82, 2.24) is 15.1 Å². The molecule has 7 heteroatoms. The summed E-state index contributed by atoms with van der Waals surface area (Å²) < 4.78 is 0. The van der Waals surface area contributed by atoms with Crippen molar-refractivity contribution in [2.24, 2.45) is 5.92 Å². The fourth-order valence-corrected chi connectivity index (χ4v) is 2.62. The highest BCUT2D eigenvalue weighted by molar-refractivity contribution is 6.29. The summed E-state index contributed by atoms with van der Waals surface area (Å²) in [5.74, 6) is -0.307. The summed E-state index contributed by atoms with van der Waals surface area (Å²) >= 11 is 5.65. The summed E-state index contributed by atoms with van der Waals surface area (Å²) in [6.45, 7) is 0.921. The zero-order valence-corrected chi connectivity index (χ0v) is 13.0. The van der Waals surface area contributed by atoms with Crippen molar-refractivity contribution < 1.29 is 9.59 Å². The van der Waals surface area contributed by atoms with E-state index in [1.54, 1.807) is 17.0 Å². The lowest BCUT2D eigenvalue weighted by Crippen LogP contribution is -2.28. The third-order valence-electron chi connectivity index (χ3n) is 3.68. The topological polar surface area (TPSA) is 75.2 Å². The van der Waals surface area contributed by atoms with E-state index in [1.165, 1.54) is 0 Å². The molecular formula is C16H15ClN4O2. The molecule has 1 atom stereocenters. The quantitative estimate of drug-likeness (QED) is 0.931. The Hall–Kier alpha value is -2.47. The average Bonchev–Trinajstić information content (AvgIpc) is 2.92. The molecule has 1 saturated heterocycles. The Morgan fingerprint density at radius 2 is 2.00 bits per heavy atom. The van der Waals surface area contributed by atoms with Crippen LogP contribution in [0.25, 0.3) is 0 Å². The molecule has 1 aromatic carbocycles. The highest BCUT2D eigenvalue weighted by Crippen LogP contribution is 2.21. The predicted octanol–water partition coefficient (Wildman–Crippen LogP) is 2.12. The molecule has 2 heterocycles. The minimum Gasteiger partial charge on any atom is -0.338 e. The molecular weight excluding hydrogens is 316 g/mol. The smallest absolute Gasteiger partial charge is 0.230 e. The first-order chi connectivity index (χ1) is 11.1. The van der Waals surface area contributed by atoms with E-state index in [0.717, 1.165) is 5.56 Å². The molecule has 1 fully saturated rings. The number of carbonyl (C=O) groups excluding carboxylic acids is 2. The fraction of sp³-hybridized carbons (Fsp3) is 0.250. The number of aromatic nitrogens is 2. The van der Waals surface area contributed by atoms with Crippen molar-refractivity contribution in [1.29, 1.82) is 0 Å². The minimum atomic E-state index is -0.385. The summed E-state index contributed by atoms with van der Waals surface area (Å²) in [6.07, 6.45) is 0.208. The molecule has 0 saturated carbocycles. The average molecular weight is 331 g/mol. The summed E-state index contributed by atoms with van der Waals surface area (Å²) in [5, 5.41) is 10.4. The first-order valence-electron chi connectivity index (χ1n) is 7.23. The predicted molar refractivity (Wildman–Crippen MR) is 85.6 cm³/mol. The number of amides is 2. The lowest BCUT2D eigenvalue weighted by atomic mass is 10.1. The molecule has 1 unspecified atom stereocenters. The van der Waals surface area contributed by atoms with Gasteiger partial charge in [0.25, 0.3) is 0 Å². The molecule has 1 N–H and O–H groups in total. The van der Waals surface area contributed by atoms with Gasteiger partial charge in [-0.25, -0.2) is 0 Å². The van der Waals surface area contributed by atoms with Crippen LogP contribution in [-0.2, 0) is 16.1 Å². The first-order valence-corrected chi connectivity index (χ1v) is 7.61. The molecule has 23 heavy (non-hydrogen) atoms. The standard InChI is InChI=1S/C16H15ClN4O2/c17-13-6-7-14(20-19-13)18-16(23)12-8-15(22)21(10-12)9-11-4-2-1-3-5-11/h1-7,12H,8-10H2,(H,18,20,23). The van der Waals surface area contributed by atoms with Crippen molar-refractivity contribution in [3.63, 3.8) is 0 Å². The summed E-state index contributed by atoms with van der Waals surface area (Å²) in [5.41, 5.74) is 1.05. The molecule has 1 aliphatic rings. The molecule has 118 valence electrons. The van der Waals surface area contributed by atoms with Crippen LogP contribution in [0.5, 0.6) is 0 Å². The Kier molecular flexibility index (Phi) is 4.52. The van der Waals surface area contributed by atoms with Gasteiger partial charge in [0.15, 0.2) is 11.0 Å². The van der Waals surface area contributed by atoms with Gasteiger partial charge >= 0.3 is 0 Å². The van der Waals surface area contributed by atoms with E-state index in [2.05, 4.69) is 15.5 Å². The van der Waals surface area contributed by atoms with E-state index in [4.69, 9.17) is 11.6 Å². The van der Waals surface area contributed by atoms with Crippen molar-refractivity contribution in [2.45, 2.75) is 13.0 Å². The van der Waals surface area contributed by atoms with Crippen LogP contribution in [0.15, 0.2) is 42.5 Å². The maximum Gasteiger partial charge on any atom is 0.230 e. The number of rotatable bonds is 4. The van der Waals surface area contributed by atoms with Crippen LogP contribution in [-0.4, -0.2) is 33.5 Å². The Balaban J connectivity index is 1.60. The zero-order valence-electron chi connectivity index (χ0n) is 12.3. The lowest BCUT2D eigenvalue weighted by Gasteiger charge is -2.16. The van der Waals surface area contributed by atoms with Crippen molar-refractivity contribution >= 4 is 29.2 Å². The molecule has 0 spiro atoms. The van der Waals surface area contributed by atoms with Crippen LogP contribution in [0.2, 0.25) is 5.15 Å². The number of halogens is 1. The number of hydrogen-bond donors (Lipinski definition) is 1. The van der Waals surface area contributed by atoms with Crippen LogP contribution in [0, 0.1) is 5.92 Å². The maximum atomic E-state index is 12.3. The van der Waals surface area contributed by atoms with E-state index in [0.29, 0.717) is 18.9 Å². The van der Waals surface area contributed by atoms with Crippen molar-refractivity contribution in [2.75, 3.05) is 11.9 Å². The van der Waals surface area contributed by atoms with E-state index >= 15 is 0 Å². The lowest BCUT2D eigenvalue weighted by molar-refractivity contribution is -0.128. The van der Waals surface area contributed by atoms with Gasteiger partial charge < -0.3 is 10.2 Å². The van der Waals surface area contributed by atoms with E-state index in [9.17, 15) is 9.59 Å². The zero-order chi connectivity index (χ0) is 16.2. The second kappa shape index (κ2) is 6.75. The molecule has 0 aliphatic carbocycles. The van der Waals surface area contributed by atoms with Gasteiger partial charge in [0, 0.05) is 19.5 Å². The normalized spacial score (nSPS) is 17.3. The largest absolute Gasteiger partial charge is 0.338 e. The Bertz CT molecular complexity index is 706. The number of likely N-dealkylation sites (tertiary alicyclic amines) is 1. The third-order valence-corrected chi connectivity index (χ3v) is 3.89. The SMILES string of the molecule is O=C(Nc1ccc(Cl)nn1)C1CC(=O)N(Cc2ccccc2)C1. The second-order valence-corrected chi connectivity index (χ2v) is 5.78. The van der Waals surface area contributed by atoms with Gasteiger partial charge in [0.05, 0.1) is 5.92 Å². The first kappa shape index (κ1) is 15.4. The van der Waals surface area contributed by atoms with Crippen LogP contribution in [0.1, 0.15) is 12.0 Å². The number of nitrogens with one attached hydrogen (secondary N) is 1. The Morgan fingerprint density at radius 3 is 2.70 bits per heavy atom. The summed E-state index contributed by atoms with van der Waals surface area (Å²) in [6, 6.07) is 12.8. The van der Waals surface area contributed by atoms with E-state index in [-0.39, 0.29) is 29.3 Å². The molecule has 3 rings (SSSR count). The molecule has 1 aliphatic heterocycles. The minimum absolute atomic E-state index is 0.0174. The highest BCUT2D eigenvalue weighted by Gasteiger charge is 2.34. The van der Waals surface area contributed by atoms with Crippen molar-refractivity contribution in [3.8, 4) is 0 Å². The van der Waals surface area contributed by atoms with Gasteiger partial charge in [-0.1, -0.05) is 41.9 Å². The van der Waals surface area contributed by atoms with Crippen LogP contribution < -0.4 is 5.32 Å². The monoisotopic (exact) mass is 330 g/mol. The molecule has 2 amide bonds. The Labute approximate surface area is 138 Å². The maximum absolute atomic E-state index is 12.3. The van der Waals surface area contributed by atoms with Crippen molar-refractivity contribution in [3.05, 3.63) is 53.2 Å².